The van der Waals surface area contributed by atoms with Gasteiger partial charge in [0.1, 0.15) is 18.6 Å². The number of aromatic nitrogens is 9. The van der Waals surface area contributed by atoms with Crippen LogP contribution in [0.25, 0.3) is 11.6 Å². The molecule has 0 unspecified atom stereocenters. The zero-order valence-corrected chi connectivity index (χ0v) is 14.2. The number of hydrogen-bond donors (Lipinski definition) is 0. The Bertz CT molecular complexity index is 1000. The molecule has 3 aromatic heterocycles. The molecule has 0 aliphatic carbocycles. The van der Waals surface area contributed by atoms with Crippen LogP contribution in [0, 0.1) is 13.8 Å². The maximum Gasteiger partial charge on any atom is 0.355 e. The molecule has 0 fully saturated rings. The first kappa shape index (κ1) is 15.8. The summed E-state index contributed by atoms with van der Waals surface area (Å²) in [7, 11) is 0. The third-order valence-corrected chi connectivity index (χ3v) is 3.58. The predicted molar refractivity (Wildman–Crippen MR) is 89.9 cm³/mol. The van der Waals surface area contributed by atoms with Crippen molar-refractivity contribution in [3.05, 3.63) is 59.9 Å². The number of nitrogens with zero attached hydrogens (tertiary/aromatic N) is 9. The summed E-state index contributed by atoms with van der Waals surface area (Å²) < 4.78 is 8.78. The van der Waals surface area contributed by atoms with E-state index in [1.807, 2.05) is 38.1 Å². The molecular weight excluding hydrogens is 334 g/mol. The minimum Gasteiger partial charge on any atom is -0.455 e. The van der Waals surface area contributed by atoms with Gasteiger partial charge in [0.2, 0.25) is 0 Å². The Morgan fingerprint density at radius 1 is 0.923 bits per heavy atom. The van der Waals surface area contributed by atoms with Crippen molar-refractivity contribution in [2.75, 3.05) is 0 Å². The molecule has 0 atom stereocenters. The van der Waals surface area contributed by atoms with Crippen LogP contribution in [0.4, 0.5) is 0 Å². The molecule has 4 aromatic rings. The van der Waals surface area contributed by atoms with Crippen LogP contribution in [0.3, 0.4) is 0 Å². The van der Waals surface area contributed by atoms with E-state index in [-0.39, 0.29) is 12.6 Å². The van der Waals surface area contributed by atoms with Crippen molar-refractivity contribution in [3.63, 3.8) is 0 Å². The molecule has 10 nitrogen and oxygen atoms in total. The number of ether oxygens (including phenoxy) is 1. The highest BCUT2D eigenvalue weighted by atomic mass is 16.5. The molecule has 26 heavy (non-hydrogen) atoms. The molecule has 4 rings (SSSR count). The lowest BCUT2D eigenvalue weighted by molar-refractivity contribution is 0.267. The average Bonchev–Trinajstić information content (AvgIpc) is 3.30. The van der Waals surface area contributed by atoms with Gasteiger partial charge in [-0.1, -0.05) is 33.1 Å². The van der Waals surface area contributed by atoms with E-state index in [2.05, 4.69) is 35.7 Å². The third kappa shape index (κ3) is 3.38. The van der Waals surface area contributed by atoms with E-state index in [9.17, 15) is 0 Å². The molecule has 1 aromatic carbocycles. The van der Waals surface area contributed by atoms with Gasteiger partial charge in [-0.2, -0.15) is 0 Å². The van der Waals surface area contributed by atoms with Crippen molar-refractivity contribution in [2.24, 2.45) is 0 Å². The normalized spacial score (nSPS) is 10.8. The molecular formula is C16H15N9O. The molecule has 0 radical (unpaired) electrons. The fourth-order valence-electron chi connectivity index (χ4n) is 2.23. The largest absolute Gasteiger partial charge is 0.455 e. The molecule has 130 valence electrons. The van der Waals surface area contributed by atoms with Gasteiger partial charge in [0.25, 0.3) is 5.95 Å². The van der Waals surface area contributed by atoms with Gasteiger partial charge in [0.15, 0.2) is 0 Å². The van der Waals surface area contributed by atoms with Crippen molar-refractivity contribution in [2.45, 2.75) is 20.5 Å². The maximum absolute atomic E-state index is 5.47. The lowest BCUT2D eigenvalue weighted by atomic mass is 10.2. The minimum absolute atomic E-state index is 0.0653. The molecule has 3 heterocycles. The summed E-state index contributed by atoms with van der Waals surface area (Å²) in [6.45, 7) is 4.07. The van der Waals surface area contributed by atoms with Gasteiger partial charge in [-0.25, -0.2) is 9.67 Å². The van der Waals surface area contributed by atoms with Crippen molar-refractivity contribution < 1.29 is 4.74 Å². The molecule has 0 aliphatic rings. The van der Waals surface area contributed by atoms with Crippen LogP contribution in [0.15, 0.2) is 43.0 Å². The summed E-state index contributed by atoms with van der Waals surface area (Å²) in [5.74, 6) is 0.322. The number of rotatable bonds is 5. The van der Waals surface area contributed by atoms with Crippen molar-refractivity contribution >= 4 is 0 Å². The van der Waals surface area contributed by atoms with E-state index in [1.54, 1.807) is 28.0 Å². The molecule has 0 aliphatic heterocycles. The summed E-state index contributed by atoms with van der Waals surface area (Å²) in [5.41, 5.74) is 3.60. The third-order valence-electron chi connectivity index (χ3n) is 3.58. The zero-order chi connectivity index (χ0) is 17.9. The van der Waals surface area contributed by atoms with Crippen molar-refractivity contribution in [1.29, 1.82) is 0 Å². The Hall–Kier alpha value is -3.69. The maximum atomic E-state index is 5.47. The lowest BCUT2D eigenvalue weighted by Gasteiger charge is -2.01. The van der Waals surface area contributed by atoms with E-state index in [0.717, 1.165) is 11.4 Å². The molecule has 0 bridgehead atoms. The first-order valence-corrected chi connectivity index (χ1v) is 7.87. The second kappa shape index (κ2) is 6.67. The summed E-state index contributed by atoms with van der Waals surface area (Å²) >= 11 is 0. The Balaban J connectivity index is 1.40. The van der Waals surface area contributed by atoms with Crippen molar-refractivity contribution in [1.82, 2.24) is 44.9 Å². The number of imidazole rings is 1. The standard InChI is InChI=1S/C16H15N9O/c1-11-3-5-14(6-4-11)25-8-13(18-23-25)9-26-16-21-19-15(20-22-16)24-7-12(2)17-10-24/h3-8,10H,9H2,1-2H3. The zero-order valence-electron chi connectivity index (χ0n) is 14.2. The average molecular weight is 349 g/mol. The number of hydrogen-bond acceptors (Lipinski definition) is 8. The summed E-state index contributed by atoms with van der Waals surface area (Å²) in [6, 6.07) is 8.05. The van der Waals surface area contributed by atoms with Gasteiger partial charge in [0.05, 0.1) is 17.6 Å². The van der Waals surface area contributed by atoms with Crippen LogP contribution in [0.1, 0.15) is 17.0 Å². The Labute approximate surface area is 148 Å². The van der Waals surface area contributed by atoms with E-state index in [1.165, 1.54) is 5.56 Å². The van der Waals surface area contributed by atoms with Gasteiger partial charge in [-0.15, -0.1) is 15.3 Å². The van der Waals surface area contributed by atoms with Gasteiger partial charge in [-0.3, -0.25) is 4.57 Å². The van der Waals surface area contributed by atoms with E-state index >= 15 is 0 Å². The molecule has 0 saturated heterocycles. The quantitative estimate of drug-likeness (QED) is 0.529. The van der Waals surface area contributed by atoms with E-state index < -0.39 is 0 Å². The van der Waals surface area contributed by atoms with Gasteiger partial charge in [-0.05, 0) is 26.0 Å². The van der Waals surface area contributed by atoms with Crippen LogP contribution in [-0.2, 0) is 6.61 Å². The first-order valence-electron chi connectivity index (χ1n) is 7.87. The van der Waals surface area contributed by atoms with E-state index in [0.29, 0.717) is 11.6 Å². The minimum atomic E-state index is 0.0653. The highest BCUT2D eigenvalue weighted by molar-refractivity contribution is 5.33. The predicted octanol–water partition coefficient (Wildman–Crippen LogP) is 1.23. The Morgan fingerprint density at radius 3 is 2.38 bits per heavy atom. The van der Waals surface area contributed by atoms with Crippen molar-refractivity contribution in [3.8, 4) is 17.6 Å². The Kier molecular flexibility index (Phi) is 4.06. The SMILES string of the molecule is Cc1ccc(-n2cc(COc3nnc(-n4cnc(C)c4)nn3)nn2)cc1. The molecule has 0 N–H and O–H groups in total. The van der Waals surface area contributed by atoms with Gasteiger partial charge >= 0.3 is 6.01 Å². The van der Waals surface area contributed by atoms with Crippen LogP contribution in [0.5, 0.6) is 6.01 Å². The first-order chi connectivity index (χ1) is 12.7. The number of aryl methyl sites for hydroxylation is 2. The monoisotopic (exact) mass is 349 g/mol. The summed E-state index contributed by atoms with van der Waals surface area (Å²) in [4.78, 5) is 4.10. The fraction of sp³-hybridized carbons (Fsp3) is 0.188. The Morgan fingerprint density at radius 2 is 1.69 bits per heavy atom. The van der Waals surface area contributed by atoms with Crippen LogP contribution in [0.2, 0.25) is 0 Å². The second-order valence-corrected chi connectivity index (χ2v) is 5.68. The number of benzene rings is 1. The fourth-order valence-corrected chi connectivity index (χ4v) is 2.23. The van der Waals surface area contributed by atoms with Crippen LogP contribution in [-0.4, -0.2) is 44.9 Å². The second-order valence-electron chi connectivity index (χ2n) is 5.68. The van der Waals surface area contributed by atoms with Gasteiger partial charge < -0.3 is 4.74 Å². The van der Waals surface area contributed by atoms with Gasteiger partial charge in [0, 0.05) is 6.20 Å². The molecule has 10 heteroatoms. The van der Waals surface area contributed by atoms with Crippen LogP contribution < -0.4 is 4.74 Å². The topological polar surface area (TPSA) is 109 Å². The highest BCUT2D eigenvalue weighted by Crippen LogP contribution is 2.09. The van der Waals surface area contributed by atoms with E-state index in [4.69, 9.17) is 4.74 Å². The highest BCUT2D eigenvalue weighted by Gasteiger charge is 2.08. The molecule has 0 spiro atoms. The molecule has 0 saturated carbocycles. The summed E-state index contributed by atoms with van der Waals surface area (Å²) in [6.07, 6.45) is 5.16. The summed E-state index contributed by atoms with van der Waals surface area (Å²) in [5, 5.41) is 23.9. The molecule has 0 amide bonds. The van der Waals surface area contributed by atoms with Crippen LogP contribution >= 0.6 is 0 Å². The smallest absolute Gasteiger partial charge is 0.355 e. The lowest BCUT2D eigenvalue weighted by Crippen LogP contribution is -2.07.